The van der Waals surface area contributed by atoms with E-state index in [1.54, 1.807) is 4.90 Å². The fraction of sp³-hybridized carbons (Fsp3) is 0.250. The Morgan fingerprint density at radius 1 is 1.15 bits per heavy atom. The Kier molecular flexibility index (Phi) is 5.31. The largest absolute Gasteiger partial charge is 0.325 e. The molecule has 1 saturated carbocycles. The summed E-state index contributed by atoms with van der Waals surface area (Å²) in [5.41, 5.74) is 1.52. The molecule has 7 heteroatoms. The highest BCUT2D eigenvalue weighted by atomic mass is 79.9. The number of carbonyl (C=O) groups excluding carboxylic acids is 2. The van der Waals surface area contributed by atoms with Crippen molar-refractivity contribution < 1.29 is 9.59 Å². The second-order valence-corrected chi connectivity index (χ2v) is 8.53. The van der Waals surface area contributed by atoms with Crippen molar-refractivity contribution in [2.45, 2.75) is 30.6 Å². The maximum Gasteiger partial charge on any atom is 0.242 e. The van der Waals surface area contributed by atoms with Crippen molar-refractivity contribution in [1.29, 1.82) is 0 Å². The van der Waals surface area contributed by atoms with E-state index in [0.717, 1.165) is 23.0 Å². The van der Waals surface area contributed by atoms with Crippen LogP contribution < -0.4 is 5.32 Å². The first kappa shape index (κ1) is 18.3. The van der Waals surface area contributed by atoms with Gasteiger partial charge in [-0.2, -0.15) is 0 Å². The van der Waals surface area contributed by atoms with Gasteiger partial charge in [0.1, 0.15) is 5.25 Å². The Bertz CT molecular complexity index is 899. The lowest BCUT2D eigenvalue weighted by Crippen LogP contribution is -2.35. The van der Waals surface area contributed by atoms with Crippen LogP contribution in [0.4, 0.5) is 11.4 Å². The minimum absolute atomic E-state index is 0.0144. The van der Waals surface area contributed by atoms with E-state index in [9.17, 15) is 9.59 Å². The molecule has 1 heterocycles. The van der Waals surface area contributed by atoms with Crippen LogP contribution in [0.5, 0.6) is 0 Å². The van der Waals surface area contributed by atoms with Crippen LogP contribution in [0.2, 0.25) is 0 Å². The quantitative estimate of drug-likeness (QED) is 0.735. The maximum atomic E-state index is 12.9. The van der Waals surface area contributed by atoms with Gasteiger partial charge in [-0.1, -0.05) is 42.1 Å². The molecule has 27 heavy (non-hydrogen) atoms. The van der Waals surface area contributed by atoms with Gasteiger partial charge in [0.15, 0.2) is 5.17 Å². The van der Waals surface area contributed by atoms with Crippen molar-refractivity contribution in [3.05, 3.63) is 59.1 Å². The first-order valence-electron chi connectivity index (χ1n) is 8.79. The molecule has 0 aromatic heterocycles. The van der Waals surface area contributed by atoms with Gasteiger partial charge in [-0.15, -0.1) is 0 Å². The number of halogens is 1. The van der Waals surface area contributed by atoms with E-state index >= 15 is 0 Å². The molecule has 1 atom stereocenters. The summed E-state index contributed by atoms with van der Waals surface area (Å²) in [4.78, 5) is 31.8. The minimum atomic E-state index is -0.435. The predicted octanol–water partition coefficient (Wildman–Crippen LogP) is 4.57. The molecule has 0 spiro atoms. The van der Waals surface area contributed by atoms with E-state index in [0.29, 0.717) is 10.9 Å². The molecule has 0 radical (unpaired) electrons. The summed E-state index contributed by atoms with van der Waals surface area (Å²) in [5, 5.41) is 3.14. The molecule has 2 aromatic carbocycles. The molecule has 1 unspecified atom stereocenters. The summed E-state index contributed by atoms with van der Waals surface area (Å²) in [7, 11) is 0. The Labute approximate surface area is 170 Å². The molecular formula is C20H18BrN3O2S. The second kappa shape index (κ2) is 7.86. The normalized spacial score (nSPS) is 20.9. The van der Waals surface area contributed by atoms with Gasteiger partial charge in [0, 0.05) is 16.9 Å². The van der Waals surface area contributed by atoms with Crippen LogP contribution in [-0.4, -0.2) is 33.2 Å². The van der Waals surface area contributed by atoms with Crippen LogP contribution >= 0.6 is 27.7 Å². The van der Waals surface area contributed by atoms with E-state index in [4.69, 9.17) is 0 Å². The number of hydrogen-bond acceptors (Lipinski definition) is 4. The number of nitrogens with zero attached hydrogens (tertiary/aromatic N) is 2. The van der Waals surface area contributed by atoms with Gasteiger partial charge >= 0.3 is 0 Å². The Hall–Kier alpha value is -2.12. The summed E-state index contributed by atoms with van der Waals surface area (Å²) in [6.07, 6.45) is 2.12. The van der Waals surface area contributed by atoms with E-state index in [1.165, 1.54) is 11.8 Å². The van der Waals surface area contributed by atoms with Crippen molar-refractivity contribution in [3.8, 4) is 0 Å². The van der Waals surface area contributed by atoms with Gasteiger partial charge in [-0.25, -0.2) is 4.99 Å². The van der Waals surface area contributed by atoms with Crippen LogP contribution in [0.25, 0.3) is 0 Å². The lowest BCUT2D eigenvalue weighted by atomic mass is 10.2. The maximum absolute atomic E-state index is 12.9. The van der Waals surface area contributed by atoms with Crippen LogP contribution in [-0.2, 0) is 9.59 Å². The number of para-hydroxylation sites is 2. The number of benzene rings is 2. The van der Waals surface area contributed by atoms with E-state index in [2.05, 4.69) is 26.2 Å². The molecule has 2 amide bonds. The van der Waals surface area contributed by atoms with Crippen LogP contribution in [0.1, 0.15) is 19.3 Å². The highest BCUT2D eigenvalue weighted by Gasteiger charge is 2.46. The highest BCUT2D eigenvalue weighted by molar-refractivity contribution is 9.10. The zero-order chi connectivity index (χ0) is 18.8. The summed E-state index contributed by atoms with van der Waals surface area (Å²) in [6.45, 7) is 0. The van der Waals surface area contributed by atoms with Gasteiger partial charge in [-0.05, 0) is 53.0 Å². The molecule has 5 nitrogen and oxygen atoms in total. The zero-order valence-corrected chi connectivity index (χ0v) is 16.9. The summed E-state index contributed by atoms with van der Waals surface area (Å²) in [5.74, 6) is -0.191. The molecule has 1 aliphatic heterocycles. The van der Waals surface area contributed by atoms with Gasteiger partial charge in [0.05, 0.1) is 11.4 Å². The molecule has 138 valence electrons. The summed E-state index contributed by atoms with van der Waals surface area (Å²) >= 11 is 4.81. The number of anilines is 1. The smallest absolute Gasteiger partial charge is 0.242 e. The number of rotatable bonds is 5. The van der Waals surface area contributed by atoms with Gasteiger partial charge in [0.2, 0.25) is 11.8 Å². The van der Waals surface area contributed by atoms with Crippen LogP contribution in [0.3, 0.4) is 0 Å². The average molecular weight is 444 g/mol. The Balaban J connectivity index is 1.49. The Morgan fingerprint density at radius 3 is 2.56 bits per heavy atom. The molecule has 2 fully saturated rings. The number of nitrogens with one attached hydrogen (secondary N) is 1. The molecule has 1 N–H and O–H groups in total. The topological polar surface area (TPSA) is 61.8 Å². The fourth-order valence-corrected chi connectivity index (χ4v) is 4.51. The van der Waals surface area contributed by atoms with Crippen molar-refractivity contribution >= 4 is 56.0 Å². The number of aliphatic imine (C=N–C) groups is 1. The third kappa shape index (κ3) is 4.25. The number of amides is 2. The van der Waals surface area contributed by atoms with E-state index < -0.39 is 5.25 Å². The zero-order valence-electron chi connectivity index (χ0n) is 14.5. The highest BCUT2D eigenvalue weighted by Crippen LogP contribution is 2.39. The first-order chi connectivity index (χ1) is 13.1. The molecule has 2 aliphatic rings. The molecule has 4 rings (SSSR count). The van der Waals surface area contributed by atoms with Gasteiger partial charge in [-0.3, -0.25) is 14.5 Å². The van der Waals surface area contributed by atoms with E-state index in [-0.39, 0.29) is 24.3 Å². The fourth-order valence-electron chi connectivity index (χ4n) is 2.91. The summed E-state index contributed by atoms with van der Waals surface area (Å²) < 4.78 is 0.815. The minimum Gasteiger partial charge on any atom is -0.325 e. The molecular weight excluding hydrogens is 426 g/mol. The van der Waals surface area contributed by atoms with Crippen LogP contribution in [0, 0.1) is 0 Å². The van der Waals surface area contributed by atoms with Gasteiger partial charge < -0.3 is 5.32 Å². The number of hydrogen-bond donors (Lipinski definition) is 1. The molecule has 1 saturated heterocycles. The monoisotopic (exact) mass is 443 g/mol. The first-order valence-corrected chi connectivity index (χ1v) is 10.5. The van der Waals surface area contributed by atoms with Crippen molar-refractivity contribution in [1.82, 2.24) is 4.90 Å². The van der Waals surface area contributed by atoms with Crippen molar-refractivity contribution in [2.75, 3.05) is 5.32 Å². The lowest BCUT2D eigenvalue weighted by molar-refractivity contribution is -0.128. The molecule has 2 aromatic rings. The van der Waals surface area contributed by atoms with Gasteiger partial charge in [0.25, 0.3) is 0 Å². The Morgan fingerprint density at radius 2 is 1.85 bits per heavy atom. The van der Waals surface area contributed by atoms with Crippen molar-refractivity contribution in [2.24, 2.45) is 4.99 Å². The number of amidine groups is 1. The number of thioether (sulfide) groups is 1. The summed E-state index contributed by atoms with van der Waals surface area (Å²) in [6, 6.07) is 17.3. The molecule has 1 aliphatic carbocycles. The average Bonchev–Trinajstić information content (AvgIpc) is 3.44. The second-order valence-electron chi connectivity index (χ2n) is 6.51. The van der Waals surface area contributed by atoms with Crippen LogP contribution in [0.15, 0.2) is 64.1 Å². The van der Waals surface area contributed by atoms with E-state index in [1.807, 2.05) is 54.6 Å². The SMILES string of the molecule is O=C(CC1SC(=Nc2ccccc2)N(C2CC2)C1=O)Nc1ccccc1Br. The third-order valence-corrected chi connectivity index (χ3v) is 6.22. The number of carbonyl (C=O) groups is 2. The molecule has 0 bridgehead atoms. The third-order valence-electron chi connectivity index (χ3n) is 4.38. The standard InChI is InChI=1S/C20H18BrN3O2S/c21-15-8-4-5-9-16(15)23-18(25)12-17-19(26)24(14-10-11-14)20(27-17)22-13-6-2-1-3-7-13/h1-9,14,17H,10-12H2,(H,23,25). The predicted molar refractivity (Wildman–Crippen MR) is 112 cm³/mol. The van der Waals surface area contributed by atoms with Crippen molar-refractivity contribution in [3.63, 3.8) is 0 Å². The lowest BCUT2D eigenvalue weighted by Gasteiger charge is -2.15.